The van der Waals surface area contributed by atoms with Gasteiger partial charge in [0.1, 0.15) is 11.6 Å². The topological polar surface area (TPSA) is 58.6 Å². The van der Waals surface area contributed by atoms with Gasteiger partial charge in [-0.2, -0.15) is 0 Å². The summed E-state index contributed by atoms with van der Waals surface area (Å²) in [4.78, 5) is 25.4. The fourth-order valence-corrected chi connectivity index (χ4v) is 2.17. The van der Waals surface area contributed by atoms with Gasteiger partial charge in [-0.15, -0.1) is 0 Å². The number of rotatable bonds is 6. The lowest BCUT2D eigenvalue weighted by Gasteiger charge is -2.18. The van der Waals surface area contributed by atoms with Crippen molar-refractivity contribution >= 4 is 17.5 Å². The Bertz CT molecular complexity index is 760. The Kier molecular flexibility index (Phi) is 6.11. The number of ether oxygens (including phenoxy) is 1. The predicted molar refractivity (Wildman–Crippen MR) is 94.1 cm³/mol. The fourth-order valence-electron chi connectivity index (χ4n) is 2.17. The number of halogens is 1. The Hall–Kier alpha value is -2.89. The third kappa shape index (κ3) is 5.31. The summed E-state index contributed by atoms with van der Waals surface area (Å²) >= 11 is 0. The highest BCUT2D eigenvalue weighted by Gasteiger charge is 2.14. The van der Waals surface area contributed by atoms with Crippen LogP contribution in [0.4, 0.5) is 10.1 Å². The summed E-state index contributed by atoms with van der Waals surface area (Å²) in [7, 11) is 1.53. The quantitative estimate of drug-likeness (QED) is 0.877. The van der Waals surface area contributed by atoms with Gasteiger partial charge in [-0.3, -0.25) is 9.59 Å². The van der Waals surface area contributed by atoms with Gasteiger partial charge in [0, 0.05) is 12.7 Å². The zero-order valence-corrected chi connectivity index (χ0v) is 14.5. The van der Waals surface area contributed by atoms with Gasteiger partial charge in [-0.25, -0.2) is 4.39 Å². The second kappa shape index (κ2) is 8.28. The van der Waals surface area contributed by atoms with Crippen molar-refractivity contribution in [2.24, 2.45) is 0 Å². The summed E-state index contributed by atoms with van der Waals surface area (Å²) in [5, 5.41) is 2.80. The van der Waals surface area contributed by atoms with Gasteiger partial charge in [0.15, 0.2) is 6.61 Å². The third-order valence-corrected chi connectivity index (χ3v) is 3.86. The first-order valence-corrected chi connectivity index (χ1v) is 7.85. The molecule has 5 nitrogen and oxygen atoms in total. The molecule has 0 heterocycles. The van der Waals surface area contributed by atoms with Crippen molar-refractivity contribution in [3.05, 3.63) is 59.4 Å². The Morgan fingerprint density at radius 1 is 1.12 bits per heavy atom. The minimum Gasteiger partial charge on any atom is -0.484 e. The number of carbonyl (C=O) groups excluding carboxylic acids is 2. The van der Waals surface area contributed by atoms with Crippen LogP contribution in [0.3, 0.4) is 0 Å². The van der Waals surface area contributed by atoms with Gasteiger partial charge in [-0.05, 0) is 55.3 Å². The summed E-state index contributed by atoms with van der Waals surface area (Å²) in [6.45, 7) is 3.58. The second-order valence-corrected chi connectivity index (χ2v) is 5.79. The van der Waals surface area contributed by atoms with E-state index in [9.17, 15) is 14.0 Å². The van der Waals surface area contributed by atoms with Crippen LogP contribution in [0.25, 0.3) is 0 Å². The van der Waals surface area contributed by atoms with Crippen molar-refractivity contribution in [3.63, 3.8) is 0 Å². The molecule has 0 saturated carbocycles. The zero-order valence-electron chi connectivity index (χ0n) is 14.5. The van der Waals surface area contributed by atoms with Crippen LogP contribution >= 0.6 is 0 Å². The number of hydrogen-bond donors (Lipinski definition) is 1. The SMILES string of the molecule is Cc1cccc(NC(=O)CN(C)C(=O)COc2ccc(F)cc2)c1C. The molecule has 25 heavy (non-hydrogen) atoms. The summed E-state index contributed by atoms with van der Waals surface area (Å²) in [5.74, 6) is -0.617. The predicted octanol–water partition coefficient (Wildman–Crippen LogP) is 2.92. The molecule has 0 fully saturated rings. The van der Waals surface area contributed by atoms with Crippen molar-refractivity contribution in [3.8, 4) is 5.75 Å². The molecule has 132 valence electrons. The first kappa shape index (κ1) is 18.4. The molecule has 0 aromatic heterocycles. The van der Waals surface area contributed by atoms with Crippen LogP contribution in [0.2, 0.25) is 0 Å². The third-order valence-electron chi connectivity index (χ3n) is 3.86. The molecule has 2 aromatic carbocycles. The number of hydrogen-bond acceptors (Lipinski definition) is 3. The van der Waals surface area contributed by atoms with Gasteiger partial charge in [0.05, 0.1) is 6.54 Å². The Morgan fingerprint density at radius 3 is 2.48 bits per heavy atom. The molecule has 0 saturated heterocycles. The Balaban J connectivity index is 1.84. The molecule has 2 amide bonds. The lowest BCUT2D eigenvalue weighted by atomic mass is 10.1. The molecule has 2 aromatic rings. The number of benzene rings is 2. The number of anilines is 1. The number of amides is 2. The van der Waals surface area contributed by atoms with E-state index in [0.717, 1.165) is 16.8 Å². The molecule has 0 unspecified atom stereocenters. The molecule has 0 spiro atoms. The van der Waals surface area contributed by atoms with E-state index in [-0.39, 0.29) is 30.8 Å². The van der Waals surface area contributed by atoms with Crippen LogP contribution in [-0.4, -0.2) is 36.9 Å². The van der Waals surface area contributed by atoms with Crippen LogP contribution < -0.4 is 10.1 Å². The van der Waals surface area contributed by atoms with Gasteiger partial charge in [0.2, 0.25) is 5.91 Å². The maximum atomic E-state index is 12.8. The largest absolute Gasteiger partial charge is 0.484 e. The van der Waals surface area contributed by atoms with Crippen molar-refractivity contribution in [2.45, 2.75) is 13.8 Å². The van der Waals surface area contributed by atoms with Crippen molar-refractivity contribution in [1.29, 1.82) is 0 Å². The highest BCUT2D eigenvalue weighted by Crippen LogP contribution is 2.17. The lowest BCUT2D eigenvalue weighted by molar-refractivity contribution is -0.135. The van der Waals surface area contributed by atoms with Crippen LogP contribution in [0.1, 0.15) is 11.1 Å². The highest BCUT2D eigenvalue weighted by molar-refractivity contribution is 5.95. The standard InChI is InChI=1S/C19H21FN2O3/c1-13-5-4-6-17(14(13)2)21-18(23)11-22(3)19(24)12-25-16-9-7-15(20)8-10-16/h4-10H,11-12H2,1-3H3,(H,21,23). The number of likely N-dealkylation sites (N-methyl/N-ethyl adjacent to an activating group) is 1. The molecule has 6 heteroatoms. The van der Waals surface area contributed by atoms with E-state index < -0.39 is 0 Å². The molecule has 0 bridgehead atoms. The van der Waals surface area contributed by atoms with E-state index >= 15 is 0 Å². The van der Waals surface area contributed by atoms with E-state index in [2.05, 4.69) is 5.32 Å². The van der Waals surface area contributed by atoms with Gasteiger partial charge in [0.25, 0.3) is 5.91 Å². The maximum absolute atomic E-state index is 12.8. The van der Waals surface area contributed by atoms with Crippen molar-refractivity contribution < 1.29 is 18.7 Å². The molecule has 0 aliphatic carbocycles. The van der Waals surface area contributed by atoms with Gasteiger partial charge < -0.3 is 15.0 Å². The number of nitrogens with one attached hydrogen (secondary N) is 1. The summed E-state index contributed by atoms with van der Waals surface area (Å²) in [5.41, 5.74) is 2.80. The monoisotopic (exact) mass is 344 g/mol. The number of nitrogens with zero attached hydrogens (tertiary/aromatic N) is 1. The van der Waals surface area contributed by atoms with Crippen molar-refractivity contribution in [1.82, 2.24) is 4.90 Å². The summed E-state index contributed by atoms with van der Waals surface area (Å²) in [6, 6.07) is 11.0. The van der Waals surface area contributed by atoms with Crippen LogP contribution in [0.15, 0.2) is 42.5 Å². The van der Waals surface area contributed by atoms with Crippen molar-refractivity contribution in [2.75, 3.05) is 25.5 Å². The minimum absolute atomic E-state index is 0.0843. The molecular formula is C19H21FN2O3. The fraction of sp³-hybridized carbons (Fsp3) is 0.263. The van der Waals surface area contributed by atoms with Crippen LogP contribution in [0.5, 0.6) is 5.75 Å². The molecule has 1 N–H and O–H groups in total. The highest BCUT2D eigenvalue weighted by atomic mass is 19.1. The Morgan fingerprint density at radius 2 is 1.80 bits per heavy atom. The van der Waals surface area contributed by atoms with Crippen LogP contribution in [-0.2, 0) is 9.59 Å². The maximum Gasteiger partial charge on any atom is 0.260 e. The molecule has 0 aliphatic heterocycles. The zero-order chi connectivity index (χ0) is 18.4. The van der Waals surface area contributed by atoms with Crippen LogP contribution in [0, 0.1) is 19.7 Å². The van der Waals surface area contributed by atoms with Gasteiger partial charge >= 0.3 is 0 Å². The molecule has 0 aliphatic rings. The van der Waals surface area contributed by atoms with E-state index in [4.69, 9.17) is 4.74 Å². The van der Waals surface area contributed by atoms with E-state index in [1.54, 1.807) is 0 Å². The first-order chi connectivity index (χ1) is 11.9. The second-order valence-electron chi connectivity index (χ2n) is 5.79. The minimum atomic E-state index is -0.376. The first-order valence-electron chi connectivity index (χ1n) is 7.85. The molecule has 2 rings (SSSR count). The number of aryl methyl sites for hydroxylation is 1. The van der Waals surface area contributed by atoms with Gasteiger partial charge in [-0.1, -0.05) is 12.1 Å². The normalized spacial score (nSPS) is 10.2. The molecular weight excluding hydrogens is 323 g/mol. The molecule has 0 radical (unpaired) electrons. The number of carbonyl (C=O) groups is 2. The van der Waals surface area contributed by atoms with E-state index in [1.165, 1.54) is 36.2 Å². The lowest BCUT2D eigenvalue weighted by Crippen LogP contribution is -2.37. The average molecular weight is 344 g/mol. The Labute approximate surface area is 146 Å². The average Bonchev–Trinajstić information content (AvgIpc) is 2.58. The summed E-state index contributed by atoms with van der Waals surface area (Å²) < 4.78 is 18.1. The van der Waals surface area contributed by atoms with E-state index in [0.29, 0.717) is 5.75 Å². The summed E-state index contributed by atoms with van der Waals surface area (Å²) in [6.07, 6.45) is 0. The van der Waals surface area contributed by atoms with E-state index in [1.807, 2.05) is 32.0 Å². The smallest absolute Gasteiger partial charge is 0.260 e. The molecule has 0 atom stereocenters.